The zero-order valence-electron chi connectivity index (χ0n) is 13.8. The van der Waals surface area contributed by atoms with Crippen LogP contribution in [0.2, 0.25) is 0 Å². The van der Waals surface area contributed by atoms with Crippen LogP contribution in [-0.2, 0) is 0 Å². The molecule has 0 aliphatic heterocycles. The van der Waals surface area contributed by atoms with Crippen LogP contribution in [0.1, 0.15) is 64.4 Å². The van der Waals surface area contributed by atoms with Crippen molar-refractivity contribution < 1.29 is 4.74 Å². The van der Waals surface area contributed by atoms with Gasteiger partial charge in [0.15, 0.2) is 0 Å². The molecule has 1 aromatic rings. The van der Waals surface area contributed by atoms with Crippen molar-refractivity contribution in [2.75, 3.05) is 13.1 Å². The molecule has 0 spiro atoms. The van der Waals surface area contributed by atoms with Crippen LogP contribution < -0.4 is 10.1 Å². The van der Waals surface area contributed by atoms with Gasteiger partial charge >= 0.3 is 0 Å². The fourth-order valence-electron chi connectivity index (χ4n) is 3.37. The average molecular weight is 290 g/mol. The largest absolute Gasteiger partial charge is 0.489 e. The number of ether oxygens (including phenoxy) is 1. The lowest BCUT2D eigenvalue weighted by Crippen LogP contribution is -2.26. The van der Waals surface area contributed by atoms with E-state index in [-0.39, 0.29) is 6.10 Å². The molecule has 21 heavy (non-hydrogen) atoms. The second-order valence-corrected chi connectivity index (χ2v) is 6.43. The Kier molecular flexibility index (Phi) is 6.50. The van der Waals surface area contributed by atoms with E-state index in [4.69, 9.17) is 4.74 Å². The van der Waals surface area contributed by atoms with Crippen molar-refractivity contribution in [3.05, 3.63) is 24.0 Å². The minimum Gasteiger partial charge on any atom is -0.489 e. The van der Waals surface area contributed by atoms with Crippen LogP contribution in [0.3, 0.4) is 0 Å². The van der Waals surface area contributed by atoms with Gasteiger partial charge in [0.2, 0.25) is 0 Å². The summed E-state index contributed by atoms with van der Waals surface area (Å²) >= 11 is 0. The summed E-state index contributed by atoms with van der Waals surface area (Å²) in [6.45, 7) is 8.48. The van der Waals surface area contributed by atoms with Crippen molar-refractivity contribution in [1.29, 1.82) is 0 Å². The van der Waals surface area contributed by atoms with Gasteiger partial charge in [-0.25, -0.2) is 0 Å². The predicted octanol–water partition coefficient (Wildman–Crippen LogP) is 4.14. The van der Waals surface area contributed by atoms with E-state index < -0.39 is 0 Å². The van der Waals surface area contributed by atoms with Crippen molar-refractivity contribution in [3.8, 4) is 5.75 Å². The maximum atomic E-state index is 5.82. The van der Waals surface area contributed by atoms with Gasteiger partial charge in [-0.15, -0.1) is 0 Å². The SMILES string of the molecule is CCNCC1CCCCCC1c1cncc(OC(C)C)c1. The minimum atomic E-state index is 0.203. The topological polar surface area (TPSA) is 34.2 Å². The van der Waals surface area contributed by atoms with Crippen molar-refractivity contribution in [2.24, 2.45) is 5.92 Å². The summed E-state index contributed by atoms with van der Waals surface area (Å²) in [6, 6.07) is 2.21. The summed E-state index contributed by atoms with van der Waals surface area (Å²) in [5.74, 6) is 2.26. The van der Waals surface area contributed by atoms with E-state index >= 15 is 0 Å². The van der Waals surface area contributed by atoms with E-state index in [1.165, 1.54) is 37.7 Å². The Labute approximate surface area is 129 Å². The van der Waals surface area contributed by atoms with E-state index in [9.17, 15) is 0 Å². The van der Waals surface area contributed by atoms with Gasteiger partial charge in [0, 0.05) is 6.20 Å². The molecule has 0 aromatic carbocycles. The standard InChI is InChI=1S/C18H30N2O/c1-4-19-11-15-8-6-5-7-9-18(15)16-10-17(13-20-12-16)21-14(2)3/h10,12-15,18-19H,4-9,11H2,1-3H3. The number of rotatable bonds is 6. The maximum absolute atomic E-state index is 5.82. The fourth-order valence-corrected chi connectivity index (χ4v) is 3.37. The van der Waals surface area contributed by atoms with Crippen LogP contribution in [0.15, 0.2) is 18.5 Å². The molecule has 0 saturated heterocycles. The number of hydrogen-bond donors (Lipinski definition) is 1. The van der Waals surface area contributed by atoms with E-state index in [0.717, 1.165) is 24.8 Å². The lowest BCUT2D eigenvalue weighted by molar-refractivity contribution is 0.240. The Morgan fingerprint density at radius 3 is 2.81 bits per heavy atom. The first-order chi connectivity index (χ1) is 10.2. The molecule has 1 fully saturated rings. The lowest BCUT2D eigenvalue weighted by Gasteiger charge is -2.26. The number of aromatic nitrogens is 1. The monoisotopic (exact) mass is 290 g/mol. The molecule has 1 aliphatic carbocycles. The van der Waals surface area contributed by atoms with Gasteiger partial charge in [-0.05, 0) is 63.2 Å². The molecule has 1 aliphatic rings. The summed E-state index contributed by atoms with van der Waals surface area (Å²) in [6.07, 6.45) is 10.8. The van der Waals surface area contributed by atoms with Gasteiger partial charge in [-0.1, -0.05) is 26.2 Å². The summed E-state index contributed by atoms with van der Waals surface area (Å²) in [5, 5.41) is 3.54. The highest BCUT2D eigenvalue weighted by Gasteiger charge is 2.25. The highest BCUT2D eigenvalue weighted by molar-refractivity contribution is 5.27. The third-order valence-electron chi connectivity index (χ3n) is 4.35. The molecule has 1 N–H and O–H groups in total. The molecule has 0 radical (unpaired) electrons. The third-order valence-corrected chi connectivity index (χ3v) is 4.35. The first-order valence-corrected chi connectivity index (χ1v) is 8.53. The average Bonchev–Trinajstić information content (AvgIpc) is 2.70. The van der Waals surface area contributed by atoms with Crippen LogP contribution in [0.5, 0.6) is 5.75 Å². The van der Waals surface area contributed by atoms with Crippen molar-refractivity contribution >= 4 is 0 Å². The van der Waals surface area contributed by atoms with E-state index in [2.05, 4.69) is 37.1 Å². The molecule has 2 unspecified atom stereocenters. The minimum absolute atomic E-state index is 0.203. The van der Waals surface area contributed by atoms with Crippen LogP contribution >= 0.6 is 0 Å². The molecule has 2 atom stereocenters. The Morgan fingerprint density at radius 1 is 1.24 bits per heavy atom. The van der Waals surface area contributed by atoms with Crippen LogP contribution in [0.25, 0.3) is 0 Å². The lowest BCUT2D eigenvalue weighted by atomic mass is 9.83. The van der Waals surface area contributed by atoms with E-state index in [0.29, 0.717) is 5.92 Å². The van der Waals surface area contributed by atoms with Gasteiger partial charge in [0.05, 0.1) is 12.3 Å². The zero-order chi connectivity index (χ0) is 15.1. The smallest absolute Gasteiger partial charge is 0.138 e. The fraction of sp³-hybridized carbons (Fsp3) is 0.722. The highest BCUT2D eigenvalue weighted by atomic mass is 16.5. The molecule has 1 aromatic heterocycles. The molecule has 1 heterocycles. The highest BCUT2D eigenvalue weighted by Crippen LogP contribution is 2.37. The molecular weight excluding hydrogens is 260 g/mol. The van der Waals surface area contributed by atoms with E-state index in [1.54, 1.807) is 0 Å². The van der Waals surface area contributed by atoms with Gasteiger partial charge in [0.25, 0.3) is 0 Å². The van der Waals surface area contributed by atoms with Crippen LogP contribution in [0, 0.1) is 5.92 Å². The summed E-state index contributed by atoms with van der Waals surface area (Å²) in [5.41, 5.74) is 1.36. The number of nitrogens with zero attached hydrogens (tertiary/aromatic N) is 1. The second kappa shape index (κ2) is 8.38. The molecule has 1 saturated carbocycles. The van der Waals surface area contributed by atoms with Crippen molar-refractivity contribution in [2.45, 2.75) is 64.9 Å². The Morgan fingerprint density at radius 2 is 2.05 bits per heavy atom. The molecule has 0 amide bonds. The summed E-state index contributed by atoms with van der Waals surface area (Å²) < 4.78 is 5.82. The van der Waals surface area contributed by atoms with Crippen LogP contribution in [0.4, 0.5) is 0 Å². The normalized spacial score (nSPS) is 23.0. The first kappa shape index (κ1) is 16.3. The molecular formula is C18H30N2O. The van der Waals surface area contributed by atoms with Crippen molar-refractivity contribution in [1.82, 2.24) is 10.3 Å². The number of hydrogen-bond acceptors (Lipinski definition) is 3. The molecule has 3 nitrogen and oxygen atoms in total. The second-order valence-electron chi connectivity index (χ2n) is 6.43. The molecule has 2 rings (SSSR count). The third kappa shape index (κ3) is 4.99. The molecule has 0 bridgehead atoms. The number of pyridine rings is 1. The van der Waals surface area contributed by atoms with Gasteiger partial charge in [-0.2, -0.15) is 0 Å². The van der Waals surface area contributed by atoms with Gasteiger partial charge in [-0.3, -0.25) is 4.98 Å². The summed E-state index contributed by atoms with van der Waals surface area (Å²) in [7, 11) is 0. The maximum Gasteiger partial charge on any atom is 0.138 e. The van der Waals surface area contributed by atoms with E-state index in [1.807, 2.05) is 12.4 Å². The zero-order valence-corrected chi connectivity index (χ0v) is 13.8. The molecule has 118 valence electrons. The van der Waals surface area contributed by atoms with Crippen molar-refractivity contribution in [3.63, 3.8) is 0 Å². The van der Waals surface area contributed by atoms with Crippen LogP contribution in [-0.4, -0.2) is 24.2 Å². The van der Waals surface area contributed by atoms with Gasteiger partial charge in [0.1, 0.15) is 5.75 Å². The quantitative estimate of drug-likeness (QED) is 0.799. The number of nitrogens with one attached hydrogen (secondary N) is 1. The Hall–Kier alpha value is -1.09. The first-order valence-electron chi connectivity index (χ1n) is 8.53. The predicted molar refractivity (Wildman–Crippen MR) is 87.9 cm³/mol. The Balaban J connectivity index is 2.14. The van der Waals surface area contributed by atoms with Gasteiger partial charge < -0.3 is 10.1 Å². The Bertz CT molecular complexity index is 419. The molecule has 3 heteroatoms. The summed E-state index contributed by atoms with van der Waals surface area (Å²) in [4.78, 5) is 4.41.